The van der Waals surface area contributed by atoms with E-state index in [1.165, 1.54) is 40.2 Å². The van der Waals surface area contributed by atoms with Gasteiger partial charge in [-0.15, -0.1) is 0 Å². The lowest BCUT2D eigenvalue weighted by atomic mass is 9.97. The Bertz CT molecular complexity index is 1600. The average molecular weight is 619 g/mol. The van der Waals surface area contributed by atoms with Gasteiger partial charge in [0.15, 0.2) is 34.5 Å². The number of carbonyl (C=O) groups excluding carboxylic acids is 3. The highest BCUT2D eigenvalue weighted by molar-refractivity contribution is 5.91. The summed E-state index contributed by atoms with van der Waals surface area (Å²) in [4.78, 5) is 36.5. The van der Waals surface area contributed by atoms with E-state index in [2.05, 4.69) is 13.2 Å². The van der Waals surface area contributed by atoms with Gasteiger partial charge in [-0.25, -0.2) is 9.59 Å². The fourth-order valence-corrected chi connectivity index (χ4v) is 3.58. The van der Waals surface area contributed by atoms with Crippen LogP contribution in [-0.2, 0) is 14.4 Å². The Morgan fingerprint density at radius 1 is 0.600 bits per heavy atom. The Morgan fingerprint density at radius 2 is 1.07 bits per heavy atom. The molecule has 0 saturated heterocycles. The fraction of sp³-hybridized carbons (Fsp3) is 0.286. The van der Waals surface area contributed by atoms with Crippen LogP contribution in [0.15, 0.2) is 78.9 Å². The van der Waals surface area contributed by atoms with Crippen molar-refractivity contribution < 1.29 is 47.5 Å². The van der Waals surface area contributed by atoms with E-state index in [0.717, 1.165) is 11.1 Å². The number of esters is 3. The van der Waals surface area contributed by atoms with E-state index in [4.69, 9.17) is 33.2 Å². The van der Waals surface area contributed by atoms with Gasteiger partial charge < -0.3 is 33.2 Å². The molecule has 0 heterocycles. The van der Waals surface area contributed by atoms with Crippen LogP contribution in [0.4, 0.5) is 0 Å². The van der Waals surface area contributed by atoms with E-state index in [1.807, 2.05) is 18.2 Å². The molecule has 0 atom stereocenters. The van der Waals surface area contributed by atoms with Crippen molar-refractivity contribution in [2.75, 3.05) is 27.4 Å². The molecule has 10 nitrogen and oxygen atoms in total. The molecule has 0 unspecified atom stereocenters. The van der Waals surface area contributed by atoms with Gasteiger partial charge in [0.1, 0.15) is 19.0 Å². The van der Waals surface area contributed by atoms with Crippen LogP contribution in [0.5, 0.6) is 40.2 Å². The van der Waals surface area contributed by atoms with Gasteiger partial charge in [-0.2, -0.15) is 0 Å². The molecule has 0 bridgehead atoms. The first-order chi connectivity index (χ1) is 21.2. The smallest absolute Gasteiger partial charge is 0.338 e. The number of carbonyl (C=O) groups is 3. The first kappa shape index (κ1) is 34.2. The van der Waals surface area contributed by atoms with Gasteiger partial charge in [-0.3, -0.25) is 4.79 Å². The first-order valence-corrected chi connectivity index (χ1v) is 14.0. The Hall–Kier alpha value is -5.25. The van der Waals surface area contributed by atoms with Crippen molar-refractivity contribution in [3.05, 3.63) is 78.9 Å². The second-order valence-corrected chi connectivity index (χ2v) is 11.0. The summed E-state index contributed by atoms with van der Waals surface area (Å²) in [5.41, 5.74) is 1.34. The number of ether oxygens (including phenoxy) is 7. The molecule has 238 valence electrons. The monoisotopic (exact) mass is 618 g/mol. The minimum Gasteiger partial charge on any atom is -0.493 e. The third-order valence-electron chi connectivity index (χ3n) is 6.10. The summed E-state index contributed by atoms with van der Waals surface area (Å²) >= 11 is 0. The Labute approximate surface area is 263 Å². The maximum atomic E-state index is 12.4. The quantitative estimate of drug-likeness (QED) is 0.0882. The number of rotatable bonds is 13. The van der Waals surface area contributed by atoms with Gasteiger partial charge in [0, 0.05) is 17.2 Å². The highest BCUT2D eigenvalue weighted by Gasteiger charge is 2.25. The van der Waals surface area contributed by atoms with E-state index in [9.17, 15) is 14.4 Å². The van der Waals surface area contributed by atoms with E-state index >= 15 is 0 Å². The molecule has 0 aliphatic carbocycles. The molecule has 0 spiro atoms. The van der Waals surface area contributed by atoms with Crippen molar-refractivity contribution in [3.8, 4) is 51.4 Å². The predicted molar refractivity (Wildman–Crippen MR) is 168 cm³/mol. The molecule has 0 aliphatic rings. The predicted octanol–water partition coefficient (Wildman–Crippen LogP) is 6.74. The van der Waals surface area contributed by atoms with Crippen LogP contribution in [0, 0.1) is 5.41 Å². The molecule has 0 saturated carbocycles. The molecule has 3 aromatic carbocycles. The fourth-order valence-electron chi connectivity index (χ4n) is 3.58. The van der Waals surface area contributed by atoms with E-state index in [1.54, 1.807) is 45.0 Å². The molecule has 0 amide bonds. The molecule has 0 fully saturated rings. The van der Waals surface area contributed by atoms with Crippen LogP contribution in [-0.4, -0.2) is 45.3 Å². The maximum Gasteiger partial charge on any atom is 0.338 e. The van der Waals surface area contributed by atoms with Crippen LogP contribution in [0.25, 0.3) is 11.1 Å². The van der Waals surface area contributed by atoms with E-state index < -0.39 is 17.4 Å². The molecule has 0 radical (unpaired) electrons. The lowest BCUT2D eigenvalue weighted by Gasteiger charge is -2.18. The minimum absolute atomic E-state index is 0.00898. The van der Waals surface area contributed by atoms with Crippen LogP contribution < -0.4 is 33.2 Å². The Kier molecular flexibility index (Phi) is 11.4. The topological polar surface area (TPSA) is 116 Å². The van der Waals surface area contributed by atoms with Gasteiger partial charge >= 0.3 is 17.9 Å². The molecular formula is C35H38O10. The highest BCUT2D eigenvalue weighted by atomic mass is 16.6. The molecule has 0 N–H and O–H groups in total. The third-order valence-corrected chi connectivity index (χ3v) is 6.10. The van der Waals surface area contributed by atoms with Crippen molar-refractivity contribution >= 4 is 17.9 Å². The van der Waals surface area contributed by atoms with Gasteiger partial charge in [0.25, 0.3) is 0 Å². The lowest BCUT2D eigenvalue weighted by molar-refractivity contribution is -0.143. The highest BCUT2D eigenvalue weighted by Crippen LogP contribution is 2.38. The third kappa shape index (κ3) is 9.37. The van der Waals surface area contributed by atoms with Gasteiger partial charge in [-0.1, -0.05) is 25.3 Å². The van der Waals surface area contributed by atoms with Crippen molar-refractivity contribution in [2.45, 2.75) is 34.6 Å². The molecule has 45 heavy (non-hydrogen) atoms. The molecule has 0 aliphatic heterocycles. The van der Waals surface area contributed by atoms with Crippen LogP contribution in [0.1, 0.15) is 34.6 Å². The minimum atomic E-state index is -0.683. The van der Waals surface area contributed by atoms with Gasteiger partial charge in [0.05, 0.1) is 19.6 Å². The van der Waals surface area contributed by atoms with Crippen LogP contribution in [0.3, 0.4) is 0 Å². The first-order valence-electron chi connectivity index (χ1n) is 14.0. The van der Waals surface area contributed by atoms with Crippen LogP contribution in [0.2, 0.25) is 0 Å². The Morgan fingerprint density at radius 3 is 1.60 bits per heavy atom. The standard InChI is InChI=1S/C35H38O10/c1-21(2)32(36)43-28-15-12-25(20-31(28)44-33(37)22(3)4)41-16-17-42-26-13-10-23(18-29(26)39-8)24-11-14-27(30(19-24)40-9)45-34(38)35(5,6)7/h10-15,18-20H,1,3,16-17H2,2,4-9H3. The zero-order valence-electron chi connectivity index (χ0n) is 26.6. The van der Waals surface area contributed by atoms with Crippen LogP contribution >= 0.6 is 0 Å². The summed E-state index contributed by atoms with van der Waals surface area (Å²) in [5.74, 6) is 0.393. The van der Waals surface area contributed by atoms with E-state index in [0.29, 0.717) is 28.7 Å². The molecule has 3 aromatic rings. The zero-order chi connectivity index (χ0) is 33.3. The lowest BCUT2D eigenvalue weighted by Crippen LogP contribution is -2.25. The SMILES string of the molecule is C=C(C)C(=O)Oc1ccc(OCCOc2ccc(-c3ccc(OC(=O)C(C)(C)C)c(OC)c3)cc2OC)cc1OC(=O)C(=C)C. The van der Waals surface area contributed by atoms with Gasteiger partial charge in [-0.05, 0) is 82.1 Å². The molecular weight excluding hydrogens is 580 g/mol. The number of hydrogen-bond acceptors (Lipinski definition) is 10. The number of benzene rings is 3. The van der Waals surface area contributed by atoms with Crippen molar-refractivity contribution in [1.29, 1.82) is 0 Å². The zero-order valence-corrected chi connectivity index (χ0v) is 26.6. The average Bonchev–Trinajstić information content (AvgIpc) is 2.99. The van der Waals surface area contributed by atoms with Gasteiger partial charge in [0.2, 0.25) is 0 Å². The Balaban J connectivity index is 1.69. The van der Waals surface area contributed by atoms with Crippen molar-refractivity contribution in [2.24, 2.45) is 5.41 Å². The summed E-state index contributed by atoms with van der Waals surface area (Å²) in [7, 11) is 3.05. The second-order valence-electron chi connectivity index (χ2n) is 11.0. The summed E-state index contributed by atoms with van der Waals surface area (Å²) in [6.45, 7) is 15.8. The second kappa shape index (κ2) is 15.0. The largest absolute Gasteiger partial charge is 0.493 e. The summed E-state index contributed by atoms with van der Waals surface area (Å²) in [6, 6.07) is 15.2. The number of hydrogen-bond donors (Lipinski definition) is 0. The van der Waals surface area contributed by atoms with Crippen molar-refractivity contribution in [3.63, 3.8) is 0 Å². The molecule has 0 aromatic heterocycles. The summed E-state index contributed by atoms with van der Waals surface area (Å²) in [5, 5.41) is 0. The maximum absolute atomic E-state index is 12.4. The van der Waals surface area contributed by atoms with Crippen molar-refractivity contribution in [1.82, 2.24) is 0 Å². The number of methoxy groups -OCH3 is 2. The molecule has 3 rings (SSSR count). The molecule has 10 heteroatoms. The normalized spacial score (nSPS) is 10.7. The van der Waals surface area contributed by atoms with E-state index in [-0.39, 0.29) is 41.8 Å². The summed E-state index contributed by atoms with van der Waals surface area (Å²) in [6.07, 6.45) is 0. The summed E-state index contributed by atoms with van der Waals surface area (Å²) < 4.78 is 38.9.